The molecule has 0 saturated heterocycles. The maximum atomic E-state index is 13.8. The van der Waals surface area contributed by atoms with E-state index >= 15 is 0 Å². The summed E-state index contributed by atoms with van der Waals surface area (Å²) >= 11 is 0. The number of hydrogen-bond acceptors (Lipinski definition) is 4. The molecule has 6 nitrogen and oxygen atoms in total. The van der Waals surface area contributed by atoms with Crippen LogP contribution in [-0.4, -0.2) is 30.1 Å². The Hall–Kier alpha value is -4.39. The van der Waals surface area contributed by atoms with E-state index in [0.717, 1.165) is 61.3 Å². The van der Waals surface area contributed by atoms with Gasteiger partial charge in [-0.25, -0.2) is 9.37 Å². The molecule has 0 aliphatic rings. The van der Waals surface area contributed by atoms with Gasteiger partial charge in [0.05, 0.1) is 23.1 Å². The van der Waals surface area contributed by atoms with Crippen molar-refractivity contribution < 1.29 is 4.39 Å². The van der Waals surface area contributed by atoms with Gasteiger partial charge in [0.25, 0.3) is 0 Å². The molecular formula is C25H17FN6. The van der Waals surface area contributed by atoms with E-state index in [1.54, 1.807) is 24.7 Å². The normalized spacial score (nSPS) is 11.4. The van der Waals surface area contributed by atoms with E-state index < -0.39 is 0 Å². The maximum Gasteiger partial charge on any atom is 0.138 e. The lowest BCUT2D eigenvalue weighted by atomic mass is 10.0. The van der Waals surface area contributed by atoms with E-state index in [1.165, 1.54) is 12.1 Å². The summed E-state index contributed by atoms with van der Waals surface area (Å²) in [6, 6.07) is 14.5. The molecule has 0 bridgehead atoms. The molecule has 5 heterocycles. The molecular weight excluding hydrogens is 403 g/mol. The monoisotopic (exact) mass is 420 g/mol. The molecule has 1 aromatic carbocycles. The van der Waals surface area contributed by atoms with Crippen LogP contribution in [0.15, 0.2) is 73.3 Å². The Kier molecular flexibility index (Phi) is 4.07. The number of pyridine rings is 3. The fourth-order valence-electron chi connectivity index (χ4n) is 4.06. The van der Waals surface area contributed by atoms with E-state index in [1.807, 2.05) is 43.5 Å². The summed E-state index contributed by atoms with van der Waals surface area (Å²) in [4.78, 5) is 16.7. The highest BCUT2D eigenvalue weighted by atomic mass is 19.1. The number of aromatic nitrogens is 6. The zero-order valence-electron chi connectivity index (χ0n) is 17.1. The van der Waals surface area contributed by atoms with Gasteiger partial charge in [0.2, 0.25) is 0 Å². The molecule has 0 saturated carbocycles. The Morgan fingerprint density at radius 2 is 1.81 bits per heavy atom. The molecule has 5 aromatic heterocycles. The number of H-pyrrole nitrogens is 2. The molecule has 0 radical (unpaired) electrons. The quantitative estimate of drug-likeness (QED) is 0.386. The van der Waals surface area contributed by atoms with E-state index in [2.05, 4.69) is 30.1 Å². The Bertz CT molecular complexity index is 1610. The first kappa shape index (κ1) is 18.4. The summed E-state index contributed by atoms with van der Waals surface area (Å²) in [6.07, 6.45) is 7.10. The van der Waals surface area contributed by atoms with Gasteiger partial charge in [0.15, 0.2) is 0 Å². The molecule has 6 aromatic rings. The van der Waals surface area contributed by atoms with Crippen LogP contribution in [-0.2, 0) is 0 Å². The van der Waals surface area contributed by atoms with E-state index in [0.29, 0.717) is 0 Å². The minimum atomic E-state index is -0.271. The molecule has 0 aliphatic carbocycles. The van der Waals surface area contributed by atoms with Gasteiger partial charge in [-0.15, -0.1) is 0 Å². The molecule has 7 heteroatoms. The van der Waals surface area contributed by atoms with Gasteiger partial charge in [-0.3, -0.25) is 15.1 Å². The largest absolute Gasteiger partial charge is 0.338 e. The predicted molar refractivity (Wildman–Crippen MR) is 122 cm³/mol. The topological polar surface area (TPSA) is 83.1 Å². The third-order valence-corrected chi connectivity index (χ3v) is 5.68. The van der Waals surface area contributed by atoms with Crippen LogP contribution in [0.25, 0.3) is 55.7 Å². The van der Waals surface area contributed by atoms with Gasteiger partial charge in [-0.2, -0.15) is 5.10 Å². The van der Waals surface area contributed by atoms with Crippen LogP contribution >= 0.6 is 0 Å². The summed E-state index contributed by atoms with van der Waals surface area (Å²) in [5, 5.41) is 9.44. The van der Waals surface area contributed by atoms with Crippen molar-refractivity contribution in [3.63, 3.8) is 0 Å². The SMILES string of the molecule is Cc1ccncc1-c1cc2c(-c3cc4c(-c5cccc(F)c5)ccnc4[nH]3)n[nH]c2cn1. The second-order valence-corrected chi connectivity index (χ2v) is 7.69. The van der Waals surface area contributed by atoms with Crippen molar-refractivity contribution >= 4 is 21.9 Å². The molecule has 0 aliphatic heterocycles. The van der Waals surface area contributed by atoms with Crippen LogP contribution in [0, 0.1) is 12.7 Å². The van der Waals surface area contributed by atoms with Crippen molar-refractivity contribution in [3.8, 4) is 33.8 Å². The molecule has 0 atom stereocenters. The lowest BCUT2D eigenvalue weighted by molar-refractivity contribution is 0.628. The van der Waals surface area contributed by atoms with Crippen molar-refractivity contribution in [2.24, 2.45) is 0 Å². The van der Waals surface area contributed by atoms with Crippen molar-refractivity contribution in [3.05, 3.63) is 84.7 Å². The minimum absolute atomic E-state index is 0.271. The van der Waals surface area contributed by atoms with Gasteiger partial charge in [0.1, 0.15) is 17.2 Å². The number of aryl methyl sites for hydroxylation is 1. The van der Waals surface area contributed by atoms with Crippen LogP contribution in [0.4, 0.5) is 4.39 Å². The number of benzene rings is 1. The number of rotatable bonds is 3. The number of fused-ring (bicyclic) bond motifs is 2. The first-order valence-corrected chi connectivity index (χ1v) is 10.2. The molecule has 0 unspecified atom stereocenters. The predicted octanol–water partition coefficient (Wildman–Crippen LogP) is 5.68. The van der Waals surface area contributed by atoms with E-state index in [4.69, 9.17) is 0 Å². The number of hydrogen-bond donors (Lipinski definition) is 2. The average Bonchev–Trinajstić information content (AvgIpc) is 3.42. The highest BCUT2D eigenvalue weighted by molar-refractivity contribution is 6.00. The van der Waals surface area contributed by atoms with Gasteiger partial charge in [-0.1, -0.05) is 12.1 Å². The zero-order valence-corrected chi connectivity index (χ0v) is 17.1. The molecule has 0 spiro atoms. The first-order valence-electron chi connectivity index (χ1n) is 10.2. The number of nitrogens with zero attached hydrogens (tertiary/aromatic N) is 4. The fourth-order valence-corrected chi connectivity index (χ4v) is 4.06. The summed E-state index contributed by atoms with van der Waals surface area (Å²) in [7, 11) is 0. The lowest BCUT2D eigenvalue weighted by Gasteiger charge is -2.04. The second-order valence-electron chi connectivity index (χ2n) is 7.69. The first-order chi connectivity index (χ1) is 15.7. The van der Waals surface area contributed by atoms with Gasteiger partial charge < -0.3 is 4.98 Å². The number of aromatic amines is 2. The summed E-state index contributed by atoms with van der Waals surface area (Å²) in [5.41, 5.74) is 7.77. The van der Waals surface area contributed by atoms with Gasteiger partial charge in [-0.05, 0) is 60.0 Å². The van der Waals surface area contributed by atoms with Crippen molar-refractivity contribution in [1.82, 2.24) is 30.1 Å². The molecule has 0 amide bonds. The summed E-state index contributed by atoms with van der Waals surface area (Å²) in [5.74, 6) is -0.271. The Balaban J connectivity index is 1.52. The smallest absolute Gasteiger partial charge is 0.138 e. The Labute approximate surface area is 182 Å². The van der Waals surface area contributed by atoms with Crippen molar-refractivity contribution in [2.75, 3.05) is 0 Å². The van der Waals surface area contributed by atoms with Crippen LogP contribution in [0.2, 0.25) is 0 Å². The van der Waals surface area contributed by atoms with E-state index in [-0.39, 0.29) is 5.82 Å². The number of halogens is 1. The Morgan fingerprint density at radius 1 is 0.875 bits per heavy atom. The van der Waals surface area contributed by atoms with Crippen molar-refractivity contribution in [1.29, 1.82) is 0 Å². The van der Waals surface area contributed by atoms with E-state index in [9.17, 15) is 4.39 Å². The van der Waals surface area contributed by atoms with Crippen LogP contribution in [0.5, 0.6) is 0 Å². The summed E-state index contributed by atoms with van der Waals surface area (Å²) in [6.45, 7) is 2.04. The zero-order chi connectivity index (χ0) is 21.7. The van der Waals surface area contributed by atoms with Gasteiger partial charge in [0, 0.05) is 34.9 Å². The fraction of sp³-hybridized carbons (Fsp3) is 0.0400. The van der Waals surface area contributed by atoms with Gasteiger partial charge >= 0.3 is 0 Å². The number of nitrogens with one attached hydrogen (secondary N) is 2. The molecule has 32 heavy (non-hydrogen) atoms. The minimum Gasteiger partial charge on any atom is -0.338 e. The van der Waals surface area contributed by atoms with Crippen molar-refractivity contribution in [2.45, 2.75) is 6.92 Å². The lowest BCUT2D eigenvalue weighted by Crippen LogP contribution is -1.88. The third-order valence-electron chi connectivity index (χ3n) is 5.68. The standard InChI is InChI=1S/C25H17FN6/c1-14-5-7-27-12-20(14)21-11-19-23(13-29-21)31-32-24(19)22-10-18-17(6-8-28-25(18)30-22)15-3-2-4-16(26)9-15/h2-13H,1H3,(H,28,30)(H,31,32). The average molecular weight is 420 g/mol. The molecule has 2 N–H and O–H groups in total. The highest BCUT2D eigenvalue weighted by Gasteiger charge is 2.16. The Morgan fingerprint density at radius 3 is 2.69 bits per heavy atom. The third kappa shape index (κ3) is 2.94. The maximum absolute atomic E-state index is 13.8. The second kappa shape index (κ2) is 7.09. The highest BCUT2D eigenvalue weighted by Crippen LogP contribution is 2.34. The van der Waals surface area contributed by atoms with Crippen LogP contribution in [0.3, 0.4) is 0 Å². The summed E-state index contributed by atoms with van der Waals surface area (Å²) < 4.78 is 13.8. The van der Waals surface area contributed by atoms with Crippen LogP contribution < -0.4 is 0 Å². The molecule has 0 fully saturated rings. The molecule has 154 valence electrons. The molecule has 6 rings (SSSR count). The van der Waals surface area contributed by atoms with Crippen LogP contribution in [0.1, 0.15) is 5.56 Å².